The van der Waals surface area contributed by atoms with Gasteiger partial charge in [0.1, 0.15) is 5.01 Å². The van der Waals surface area contributed by atoms with Crippen molar-refractivity contribution in [3.8, 4) is 10.6 Å². The molecule has 2 heterocycles. The second-order valence-electron chi connectivity index (χ2n) is 3.32. The highest BCUT2D eigenvalue weighted by atomic mass is 35.5. The Balaban J connectivity index is 0.00000108. The van der Waals surface area contributed by atoms with Gasteiger partial charge < -0.3 is 5.73 Å². The lowest BCUT2D eigenvalue weighted by Crippen LogP contribution is -1.83. The van der Waals surface area contributed by atoms with Crippen LogP contribution in [0.2, 0.25) is 0 Å². The Morgan fingerprint density at radius 2 is 1.88 bits per heavy atom. The molecule has 86 valence electrons. The van der Waals surface area contributed by atoms with Crippen molar-refractivity contribution in [1.82, 2.24) is 15.2 Å². The van der Waals surface area contributed by atoms with E-state index in [-0.39, 0.29) is 12.4 Å². The van der Waals surface area contributed by atoms with Crippen molar-refractivity contribution in [1.29, 1.82) is 0 Å². The second kappa shape index (κ2) is 4.65. The first-order chi connectivity index (χ1) is 7.84. The fourth-order valence-electron chi connectivity index (χ4n) is 1.63. The average molecular weight is 265 g/mol. The summed E-state index contributed by atoms with van der Waals surface area (Å²) in [7, 11) is 0. The Kier molecular flexibility index (Phi) is 3.21. The van der Waals surface area contributed by atoms with Crippen LogP contribution in [0.25, 0.3) is 21.5 Å². The van der Waals surface area contributed by atoms with Gasteiger partial charge in [0, 0.05) is 17.1 Å². The largest absolute Gasteiger partial charge is 0.374 e. The zero-order chi connectivity index (χ0) is 11.0. The van der Waals surface area contributed by atoms with Gasteiger partial charge >= 0.3 is 0 Å². The first kappa shape index (κ1) is 11.8. The van der Waals surface area contributed by atoms with E-state index in [0.717, 1.165) is 21.5 Å². The monoisotopic (exact) mass is 264 g/mol. The Morgan fingerprint density at radius 1 is 1.06 bits per heavy atom. The van der Waals surface area contributed by atoms with Gasteiger partial charge in [-0.15, -0.1) is 22.6 Å². The summed E-state index contributed by atoms with van der Waals surface area (Å²) in [5, 5.41) is 10.3. The second-order valence-corrected chi connectivity index (χ2v) is 4.33. The molecule has 1 aromatic carbocycles. The Bertz CT molecular complexity index is 647. The quantitative estimate of drug-likeness (QED) is 0.734. The summed E-state index contributed by atoms with van der Waals surface area (Å²) in [6.07, 6.45) is 1.77. The molecule has 0 atom stereocenters. The summed E-state index contributed by atoms with van der Waals surface area (Å²) in [5.74, 6) is 0. The Labute approximate surface area is 108 Å². The minimum absolute atomic E-state index is 0. The number of nitrogens with zero attached hydrogens (tertiary/aromatic N) is 3. The molecule has 0 amide bonds. The van der Waals surface area contributed by atoms with Crippen molar-refractivity contribution in [2.24, 2.45) is 0 Å². The van der Waals surface area contributed by atoms with Gasteiger partial charge in [-0.05, 0) is 12.1 Å². The van der Waals surface area contributed by atoms with Crippen molar-refractivity contribution in [2.45, 2.75) is 0 Å². The van der Waals surface area contributed by atoms with Crippen LogP contribution >= 0.6 is 23.7 Å². The number of para-hydroxylation sites is 1. The number of halogens is 1. The van der Waals surface area contributed by atoms with E-state index in [1.165, 1.54) is 11.3 Å². The highest BCUT2D eigenvalue weighted by Gasteiger charge is 2.08. The normalized spacial score (nSPS) is 10.1. The molecule has 0 saturated carbocycles. The molecule has 0 fully saturated rings. The standard InChI is InChI=1S/C11H8N4S.ClH/c12-11-15-14-10(16-11)8-5-6-13-9-4-2-1-3-7(8)9;/h1-6H,(H2,12,15);1H. The van der Waals surface area contributed by atoms with Crippen molar-refractivity contribution < 1.29 is 0 Å². The van der Waals surface area contributed by atoms with Crippen molar-refractivity contribution in [3.63, 3.8) is 0 Å². The lowest BCUT2D eigenvalue weighted by Gasteiger charge is -2.01. The van der Waals surface area contributed by atoms with Crippen LogP contribution in [-0.2, 0) is 0 Å². The molecular weight excluding hydrogens is 256 g/mol. The summed E-state index contributed by atoms with van der Waals surface area (Å²) in [5.41, 5.74) is 7.57. The van der Waals surface area contributed by atoms with Gasteiger partial charge in [-0.25, -0.2) is 0 Å². The Hall–Kier alpha value is -1.72. The molecule has 2 N–H and O–H groups in total. The zero-order valence-electron chi connectivity index (χ0n) is 8.70. The molecule has 3 rings (SSSR count). The van der Waals surface area contributed by atoms with Crippen molar-refractivity contribution >= 4 is 39.8 Å². The highest BCUT2D eigenvalue weighted by molar-refractivity contribution is 7.18. The number of hydrogen-bond donors (Lipinski definition) is 1. The summed E-state index contributed by atoms with van der Waals surface area (Å²) >= 11 is 1.38. The van der Waals surface area contributed by atoms with Gasteiger partial charge in [0.15, 0.2) is 0 Å². The third kappa shape index (κ3) is 2.07. The first-order valence-corrected chi connectivity index (χ1v) is 5.59. The number of benzene rings is 1. The number of nitrogens with two attached hydrogens (primary N) is 1. The van der Waals surface area contributed by atoms with Crippen molar-refractivity contribution in [2.75, 3.05) is 5.73 Å². The molecule has 17 heavy (non-hydrogen) atoms. The smallest absolute Gasteiger partial charge is 0.203 e. The third-order valence-electron chi connectivity index (χ3n) is 2.32. The minimum Gasteiger partial charge on any atom is -0.374 e. The molecule has 4 nitrogen and oxygen atoms in total. The number of rotatable bonds is 1. The highest BCUT2D eigenvalue weighted by Crippen LogP contribution is 2.30. The van der Waals surface area contributed by atoms with Gasteiger partial charge in [-0.3, -0.25) is 4.98 Å². The number of pyridine rings is 1. The van der Waals surface area contributed by atoms with Gasteiger partial charge in [0.05, 0.1) is 5.52 Å². The van der Waals surface area contributed by atoms with Crippen LogP contribution in [0.3, 0.4) is 0 Å². The molecule has 0 radical (unpaired) electrons. The van der Waals surface area contributed by atoms with Crippen LogP contribution < -0.4 is 5.73 Å². The van der Waals surface area contributed by atoms with Gasteiger partial charge in [0.2, 0.25) is 5.13 Å². The summed E-state index contributed by atoms with van der Waals surface area (Å²) in [6, 6.07) is 9.88. The predicted octanol–water partition coefficient (Wildman–Crippen LogP) is 2.76. The van der Waals surface area contributed by atoms with Gasteiger partial charge in [0.25, 0.3) is 0 Å². The molecule has 0 unspecified atom stereocenters. The van der Waals surface area contributed by atoms with Crippen LogP contribution in [-0.4, -0.2) is 15.2 Å². The molecule has 6 heteroatoms. The fourth-order valence-corrected chi connectivity index (χ4v) is 2.28. The zero-order valence-corrected chi connectivity index (χ0v) is 10.3. The maximum absolute atomic E-state index is 5.59. The molecule has 0 aliphatic rings. The van der Waals surface area contributed by atoms with E-state index in [2.05, 4.69) is 15.2 Å². The van der Waals surface area contributed by atoms with E-state index in [1.807, 2.05) is 30.3 Å². The predicted molar refractivity (Wildman–Crippen MR) is 72.3 cm³/mol. The number of anilines is 1. The molecule has 3 aromatic rings. The molecular formula is C11H9ClN4S. The van der Waals surface area contributed by atoms with Crippen LogP contribution in [0.15, 0.2) is 36.5 Å². The molecule has 0 bridgehead atoms. The van der Waals surface area contributed by atoms with Gasteiger partial charge in [-0.2, -0.15) is 0 Å². The van der Waals surface area contributed by atoms with E-state index in [4.69, 9.17) is 5.73 Å². The molecule has 0 aliphatic heterocycles. The summed E-state index contributed by atoms with van der Waals surface area (Å²) in [4.78, 5) is 4.30. The van der Waals surface area contributed by atoms with Crippen LogP contribution in [0.5, 0.6) is 0 Å². The van der Waals surface area contributed by atoms with Gasteiger partial charge in [-0.1, -0.05) is 29.5 Å². The van der Waals surface area contributed by atoms with E-state index in [1.54, 1.807) is 6.20 Å². The lowest BCUT2D eigenvalue weighted by atomic mass is 10.1. The number of hydrogen-bond acceptors (Lipinski definition) is 5. The SMILES string of the molecule is Cl.Nc1nnc(-c2ccnc3ccccc23)s1. The molecule has 0 aliphatic carbocycles. The minimum atomic E-state index is 0. The maximum Gasteiger partial charge on any atom is 0.203 e. The average Bonchev–Trinajstić information content (AvgIpc) is 2.75. The third-order valence-corrected chi connectivity index (χ3v) is 3.11. The molecule has 2 aromatic heterocycles. The topological polar surface area (TPSA) is 64.7 Å². The molecule has 0 saturated heterocycles. The van der Waals surface area contributed by atoms with E-state index in [0.29, 0.717) is 5.13 Å². The fraction of sp³-hybridized carbons (Fsp3) is 0. The number of aromatic nitrogens is 3. The van der Waals surface area contributed by atoms with Crippen LogP contribution in [0.4, 0.5) is 5.13 Å². The van der Waals surface area contributed by atoms with E-state index < -0.39 is 0 Å². The van der Waals surface area contributed by atoms with Crippen molar-refractivity contribution in [3.05, 3.63) is 36.5 Å². The maximum atomic E-state index is 5.59. The first-order valence-electron chi connectivity index (χ1n) is 4.78. The lowest BCUT2D eigenvalue weighted by molar-refractivity contribution is 1.10. The molecule has 0 spiro atoms. The van der Waals surface area contributed by atoms with Crippen LogP contribution in [0, 0.1) is 0 Å². The summed E-state index contributed by atoms with van der Waals surface area (Å²) < 4.78 is 0. The van der Waals surface area contributed by atoms with E-state index >= 15 is 0 Å². The number of nitrogen functional groups attached to an aromatic ring is 1. The Morgan fingerprint density at radius 3 is 2.65 bits per heavy atom. The van der Waals surface area contributed by atoms with Crippen LogP contribution in [0.1, 0.15) is 0 Å². The summed E-state index contributed by atoms with van der Waals surface area (Å²) in [6.45, 7) is 0. The number of fused-ring (bicyclic) bond motifs is 1. The van der Waals surface area contributed by atoms with E-state index in [9.17, 15) is 0 Å².